The van der Waals surface area contributed by atoms with Gasteiger partial charge in [-0.2, -0.15) is 0 Å². The van der Waals surface area contributed by atoms with Crippen molar-refractivity contribution in [3.05, 3.63) is 57.8 Å². The second kappa shape index (κ2) is 8.04. The van der Waals surface area contributed by atoms with Gasteiger partial charge in [-0.25, -0.2) is 14.3 Å². The molecule has 1 aromatic carbocycles. The van der Waals surface area contributed by atoms with E-state index in [1.165, 1.54) is 16.0 Å². The third-order valence-electron chi connectivity index (χ3n) is 4.50. The molecule has 1 saturated carbocycles. The van der Waals surface area contributed by atoms with Crippen LogP contribution < -0.4 is 11.0 Å². The maximum absolute atomic E-state index is 12.8. The highest BCUT2D eigenvalue weighted by Gasteiger charge is 2.31. The Bertz CT molecular complexity index is 1080. The lowest BCUT2D eigenvalue weighted by Crippen LogP contribution is -2.30. The number of amides is 1. The molecule has 2 heterocycles. The number of benzene rings is 1. The van der Waals surface area contributed by atoms with E-state index in [0.717, 1.165) is 17.7 Å². The molecule has 1 amide bonds. The van der Waals surface area contributed by atoms with Crippen molar-refractivity contribution in [2.24, 2.45) is 0 Å². The fraction of sp³-hybridized carbons (Fsp3) is 0.300. The second-order valence-corrected chi connectivity index (χ2v) is 7.64. The molecule has 0 radical (unpaired) electrons. The van der Waals surface area contributed by atoms with Gasteiger partial charge < -0.3 is 10.1 Å². The summed E-state index contributed by atoms with van der Waals surface area (Å²) in [4.78, 5) is 37.8. The van der Waals surface area contributed by atoms with Gasteiger partial charge in [-0.15, -0.1) is 16.4 Å². The standard InChI is InChI=1S/C20H20N4O4S/c1-2-28-19(26)13-5-7-14(8-6-13)21-17(25)12-23-20(27)24(15-9-10-15)18(22-23)16-4-3-11-29-16/h3-8,11,15H,2,9-10,12H2,1H3,(H,21,25). The monoisotopic (exact) mass is 412 g/mol. The van der Waals surface area contributed by atoms with Gasteiger partial charge in [-0.05, 0) is 55.5 Å². The van der Waals surface area contributed by atoms with E-state index in [1.807, 2.05) is 17.5 Å². The molecule has 29 heavy (non-hydrogen) atoms. The Kier molecular flexibility index (Phi) is 5.30. The minimum Gasteiger partial charge on any atom is -0.462 e. The van der Waals surface area contributed by atoms with E-state index in [9.17, 15) is 14.4 Å². The summed E-state index contributed by atoms with van der Waals surface area (Å²) in [6, 6.07) is 10.4. The molecule has 1 aliphatic carbocycles. The van der Waals surface area contributed by atoms with E-state index in [0.29, 0.717) is 23.7 Å². The lowest BCUT2D eigenvalue weighted by atomic mass is 10.2. The topological polar surface area (TPSA) is 95.2 Å². The Balaban J connectivity index is 1.48. The molecule has 4 rings (SSSR count). The minimum absolute atomic E-state index is 0.159. The van der Waals surface area contributed by atoms with Crippen LogP contribution in [-0.4, -0.2) is 32.8 Å². The predicted octanol–water partition coefficient (Wildman–Crippen LogP) is 2.92. The third kappa shape index (κ3) is 4.14. The maximum atomic E-state index is 12.8. The van der Waals surface area contributed by atoms with Crippen LogP contribution in [0.4, 0.5) is 5.69 Å². The van der Waals surface area contributed by atoms with Crippen LogP contribution in [0.3, 0.4) is 0 Å². The van der Waals surface area contributed by atoms with Crippen molar-refractivity contribution < 1.29 is 14.3 Å². The molecule has 2 aromatic heterocycles. The highest BCUT2D eigenvalue weighted by atomic mass is 32.1. The Morgan fingerprint density at radius 1 is 1.24 bits per heavy atom. The SMILES string of the molecule is CCOC(=O)c1ccc(NC(=O)Cn2nc(-c3cccs3)n(C3CC3)c2=O)cc1. The molecule has 0 saturated heterocycles. The molecular formula is C20H20N4O4S. The number of rotatable bonds is 7. The predicted molar refractivity (Wildman–Crippen MR) is 109 cm³/mol. The Morgan fingerprint density at radius 2 is 2.00 bits per heavy atom. The van der Waals surface area contributed by atoms with E-state index in [1.54, 1.807) is 35.8 Å². The second-order valence-electron chi connectivity index (χ2n) is 6.69. The number of aromatic nitrogens is 3. The number of hydrogen-bond donors (Lipinski definition) is 1. The molecule has 0 bridgehead atoms. The van der Waals surface area contributed by atoms with Gasteiger partial charge in [0.15, 0.2) is 5.82 Å². The van der Waals surface area contributed by atoms with Gasteiger partial charge in [-0.1, -0.05) is 6.07 Å². The van der Waals surface area contributed by atoms with E-state index in [4.69, 9.17) is 4.74 Å². The number of nitrogens with zero attached hydrogens (tertiary/aromatic N) is 3. The lowest BCUT2D eigenvalue weighted by molar-refractivity contribution is -0.117. The first-order chi connectivity index (χ1) is 14.1. The van der Waals surface area contributed by atoms with Gasteiger partial charge >= 0.3 is 11.7 Å². The first-order valence-electron chi connectivity index (χ1n) is 9.37. The summed E-state index contributed by atoms with van der Waals surface area (Å²) in [5.41, 5.74) is 0.657. The van der Waals surface area contributed by atoms with Crippen LogP contribution in [-0.2, 0) is 16.1 Å². The first kappa shape index (κ1) is 19.1. The molecule has 1 aliphatic rings. The molecule has 0 atom stereocenters. The first-order valence-corrected chi connectivity index (χ1v) is 10.2. The van der Waals surface area contributed by atoms with Gasteiger partial charge in [0.2, 0.25) is 5.91 Å². The van der Waals surface area contributed by atoms with Crippen LogP contribution in [0.15, 0.2) is 46.6 Å². The summed E-state index contributed by atoms with van der Waals surface area (Å²) in [5.74, 6) is -0.170. The van der Waals surface area contributed by atoms with Crippen molar-refractivity contribution in [3.63, 3.8) is 0 Å². The highest BCUT2D eigenvalue weighted by Crippen LogP contribution is 2.37. The summed E-state index contributed by atoms with van der Waals surface area (Å²) >= 11 is 1.51. The molecular weight excluding hydrogens is 392 g/mol. The molecule has 0 spiro atoms. The van der Waals surface area contributed by atoms with Crippen LogP contribution in [0.1, 0.15) is 36.2 Å². The molecule has 9 heteroatoms. The summed E-state index contributed by atoms with van der Waals surface area (Å²) < 4.78 is 7.83. The zero-order chi connectivity index (χ0) is 20.4. The number of esters is 1. The van der Waals surface area contributed by atoms with Crippen molar-refractivity contribution in [2.75, 3.05) is 11.9 Å². The number of carbonyl (C=O) groups excluding carboxylic acids is 2. The largest absolute Gasteiger partial charge is 0.462 e. The highest BCUT2D eigenvalue weighted by molar-refractivity contribution is 7.13. The summed E-state index contributed by atoms with van der Waals surface area (Å²) in [5, 5.41) is 9.07. The van der Waals surface area contributed by atoms with E-state index in [2.05, 4.69) is 10.4 Å². The molecule has 1 N–H and O–H groups in total. The van der Waals surface area contributed by atoms with E-state index >= 15 is 0 Å². The summed E-state index contributed by atoms with van der Waals surface area (Å²) in [6.07, 6.45) is 1.89. The van der Waals surface area contributed by atoms with Gasteiger partial charge in [-0.3, -0.25) is 9.36 Å². The molecule has 8 nitrogen and oxygen atoms in total. The normalized spacial score (nSPS) is 13.3. The van der Waals surface area contributed by atoms with Crippen LogP contribution in [0, 0.1) is 0 Å². The average molecular weight is 412 g/mol. The Labute approximate surface area is 170 Å². The van der Waals surface area contributed by atoms with Crippen molar-refractivity contribution >= 4 is 28.9 Å². The number of hydrogen-bond acceptors (Lipinski definition) is 6. The summed E-state index contributed by atoms with van der Waals surface area (Å²) in [6.45, 7) is 1.85. The van der Waals surface area contributed by atoms with Gasteiger partial charge in [0.05, 0.1) is 17.0 Å². The quantitative estimate of drug-likeness (QED) is 0.602. The van der Waals surface area contributed by atoms with Gasteiger partial charge in [0.1, 0.15) is 6.54 Å². The van der Waals surface area contributed by atoms with Crippen LogP contribution in [0.25, 0.3) is 10.7 Å². The van der Waals surface area contributed by atoms with Crippen LogP contribution >= 0.6 is 11.3 Å². The number of thiophene rings is 1. The van der Waals surface area contributed by atoms with Crippen molar-refractivity contribution in [3.8, 4) is 10.7 Å². The molecule has 1 fully saturated rings. The molecule has 150 valence electrons. The van der Waals surface area contributed by atoms with Crippen LogP contribution in [0.2, 0.25) is 0 Å². The van der Waals surface area contributed by atoms with E-state index in [-0.39, 0.29) is 24.2 Å². The average Bonchev–Trinajstić information content (AvgIpc) is 3.28. The zero-order valence-corrected chi connectivity index (χ0v) is 16.6. The molecule has 3 aromatic rings. The Morgan fingerprint density at radius 3 is 2.62 bits per heavy atom. The maximum Gasteiger partial charge on any atom is 0.346 e. The fourth-order valence-corrected chi connectivity index (χ4v) is 3.70. The number of nitrogens with one attached hydrogen (secondary N) is 1. The lowest BCUT2D eigenvalue weighted by Gasteiger charge is -2.06. The Hall–Kier alpha value is -3.20. The van der Waals surface area contributed by atoms with Crippen molar-refractivity contribution in [1.29, 1.82) is 0 Å². The molecule has 0 aliphatic heterocycles. The van der Waals surface area contributed by atoms with Crippen molar-refractivity contribution in [1.82, 2.24) is 14.3 Å². The minimum atomic E-state index is -0.413. The van der Waals surface area contributed by atoms with E-state index < -0.39 is 5.97 Å². The zero-order valence-electron chi connectivity index (χ0n) is 15.8. The van der Waals surface area contributed by atoms with Crippen LogP contribution in [0.5, 0.6) is 0 Å². The number of ether oxygens (including phenoxy) is 1. The summed E-state index contributed by atoms with van der Waals surface area (Å²) in [7, 11) is 0. The number of anilines is 1. The van der Waals surface area contributed by atoms with Gasteiger partial charge in [0.25, 0.3) is 0 Å². The third-order valence-corrected chi connectivity index (χ3v) is 5.36. The fourth-order valence-electron chi connectivity index (χ4n) is 3.00. The number of carbonyl (C=O) groups is 2. The van der Waals surface area contributed by atoms with Crippen molar-refractivity contribution in [2.45, 2.75) is 32.4 Å². The molecule has 0 unspecified atom stereocenters. The van der Waals surface area contributed by atoms with Gasteiger partial charge in [0, 0.05) is 11.7 Å². The smallest absolute Gasteiger partial charge is 0.346 e.